The van der Waals surface area contributed by atoms with E-state index >= 15 is 0 Å². The first-order valence-corrected chi connectivity index (χ1v) is 9.84. The first kappa shape index (κ1) is 17.4. The van der Waals surface area contributed by atoms with E-state index in [-0.39, 0.29) is 0 Å². The summed E-state index contributed by atoms with van der Waals surface area (Å²) < 4.78 is 38.4. The van der Waals surface area contributed by atoms with Crippen LogP contribution in [0.15, 0.2) is 57.9 Å². The van der Waals surface area contributed by atoms with Crippen molar-refractivity contribution < 1.29 is 17.9 Å². The van der Waals surface area contributed by atoms with E-state index in [0.29, 0.717) is 37.8 Å². The minimum absolute atomic E-state index is 0.303. The lowest BCUT2D eigenvalue weighted by Gasteiger charge is -2.26. The van der Waals surface area contributed by atoms with Crippen LogP contribution in [0.1, 0.15) is 5.56 Å². The van der Waals surface area contributed by atoms with E-state index in [4.69, 9.17) is 9.47 Å². The Hall–Kier alpha value is -1.41. The summed E-state index contributed by atoms with van der Waals surface area (Å²) >= 11 is 3.38. The zero-order valence-corrected chi connectivity index (χ0v) is 15.4. The Kier molecular flexibility index (Phi) is 5.55. The standard InChI is InChI=1S/C17H18BrNO4S/c18-15-3-5-16(6-4-15)23-13-14-1-7-17(8-2-14)24(20,21)19-9-11-22-12-10-19/h1-8H,9-13H2. The molecule has 0 spiro atoms. The van der Waals surface area contributed by atoms with E-state index in [2.05, 4.69) is 15.9 Å². The summed E-state index contributed by atoms with van der Waals surface area (Å²) in [4.78, 5) is 0.303. The van der Waals surface area contributed by atoms with Gasteiger partial charge in [0.25, 0.3) is 0 Å². The molecule has 0 amide bonds. The highest BCUT2D eigenvalue weighted by Crippen LogP contribution is 2.20. The van der Waals surface area contributed by atoms with E-state index in [1.165, 1.54) is 4.31 Å². The summed E-state index contributed by atoms with van der Waals surface area (Å²) in [5.74, 6) is 0.767. The van der Waals surface area contributed by atoms with Crippen molar-refractivity contribution in [3.63, 3.8) is 0 Å². The third-order valence-electron chi connectivity index (χ3n) is 3.75. The first-order chi connectivity index (χ1) is 11.6. The maximum atomic E-state index is 12.5. The minimum Gasteiger partial charge on any atom is -0.489 e. The number of nitrogens with zero attached hydrogens (tertiary/aromatic N) is 1. The minimum atomic E-state index is -3.44. The van der Waals surface area contributed by atoms with Gasteiger partial charge in [0.05, 0.1) is 18.1 Å². The fourth-order valence-electron chi connectivity index (χ4n) is 2.39. The van der Waals surface area contributed by atoms with Gasteiger partial charge in [-0.15, -0.1) is 0 Å². The molecule has 0 aromatic heterocycles. The maximum absolute atomic E-state index is 12.5. The van der Waals surface area contributed by atoms with Gasteiger partial charge in [-0.1, -0.05) is 28.1 Å². The highest BCUT2D eigenvalue weighted by Gasteiger charge is 2.25. The van der Waals surface area contributed by atoms with E-state index < -0.39 is 10.0 Å². The molecule has 0 unspecified atom stereocenters. The van der Waals surface area contributed by atoms with Gasteiger partial charge in [-0.3, -0.25) is 0 Å². The van der Waals surface area contributed by atoms with Crippen molar-refractivity contribution in [2.24, 2.45) is 0 Å². The third kappa shape index (κ3) is 4.16. The van der Waals surface area contributed by atoms with E-state index in [1.807, 2.05) is 24.3 Å². The van der Waals surface area contributed by atoms with Crippen molar-refractivity contribution in [3.8, 4) is 5.75 Å². The number of hydrogen-bond acceptors (Lipinski definition) is 4. The molecule has 0 atom stereocenters. The molecule has 5 nitrogen and oxygen atoms in total. The summed E-state index contributed by atoms with van der Waals surface area (Å²) in [7, 11) is -3.44. The Morgan fingerprint density at radius 2 is 1.62 bits per heavy atom. The molecule has 0 N–H and O–H groups in total. The molecule has 2 aromatic carbocycles. The summed E-state index contributed by atoms with van der Waals surface area (Å²) in [6.45, 7) is 2.07. The zero-order valence-electron chi connectivity index (χ0n) is 13.0. The van der Waals surface area contributed by atoms with Crippen LogP contribution in [0.3, 0.4) is 0 Å². The van der Waals surface area contributed by atoms with Gasteiger partial charge in [-0.25, -0.2) is 8.42 Å². The summed E-state index contributed by atoms with van der Waals surface area (Å²) in [6, 6.07) is 14.4. The van der Waals surface area contributed by atoms with Crippen LogP contribution in [0, 0.1) is 0 Å². The van der Waals surface area contributed by atoms with E-state index in [9.17, 15) is 8.42 Å². The molecule has 7 heteroatoms. The van der Waals surface area contributed by atoms with Crippen LogP contribution in [0.25, 0.3) is 0 Å². The lowest BCUT2D eigenvalue weighted by Crippen LogP contribution is -2.40. The van der Waals surface area contributed by atoms with Gasteiger partial charge in [0.15, 0.2) is 0 Å². The van der Waals surface area contributed by atoms with Gasteiger partial charge in [0.1, 0.15) is 12.4 Å². The topological polar surface area (TPSA) is 55.8 Å². The van der Waals surface area contributed by atoms with Gasteiger partial charge in [-0.05, 0) is 42.0 Å². The monoisotopic (exact) mass is 411 g/mol. The van der Waals surface area contributed by atoms with E-state index in [0.717, 1.165) is 15.8 Å². The summed E-state index contributed by atoms with van der Waals surface area (Å²) in [5, 5.41) is 0. The lowest BCUT2D eigenvalue weighted by molar-refractivity contribution is 0.0730. The molecule has 24 heavy (non-hydrogen) atoms. The molecule has 0 aliphatic carbocycles. The largest absolute Gasteiger partial charge is 0.489 e. The number of sulfonamides is 1. The van der Waals surface area contributed by atoms with E-state index in [1.54, 1.807) is 24.3 Å². The fraction of sp³-hybridized carbons (Fsp3) is 0.294. The van der Waals surface area contributed by atoms with Gasteiger partial charge < -0.3 is 9.47 Å². The zero-order chi connectivity index (χ0) is 17.0. The number of morpholine rings is 1. The van der Waals surface area contributed by atoms with Gasteiger partial charge in [-0.2, -0.15) is 4.31 Å². The van der Waals surface area contributed by atoms with Crippen molar-refractivity contribution in [2.45, 2.75) is 11.5 Å². The Labute approximate surface area is 150 Å². The predicted molar refractivity (Wildman–Crippen MR) is 94.5 cm³/mol. The van der Waals surface area contributed by atoms with Crippen molar-refractivity contribution in [1.82, 2.24) is 4.31 Å². The summed E-state index contributed by atoms with van der Waals surface area (Å²) in [5.41, 5.74) is 0.916. The molecule has 0 radical (unpaired) electrons. The van der Waals surface area contributed by atoms with Crippen molar-refractivity contribution in [1.29, 1.82) is 0 Å². The molecule has 1 heterocycles. The van der Waals surface area contributed by atoms with Crippen molar-refractivity contribution >= 4 is 26.0 Å². The number of hydrogen-bond donors (Lipinski definition) is 0. The van der Waals surface area contributed by atoms with Crippen LogP contribution in [0.4, 0.5) is 0 Å². The SMILES string of the molecule is O=S(=O)(c1ccc(COc2ccc(Br)cc2)cc1)N1CCOCC1. The fourth-order valence-corrected chi connectivity index (χ4v) is 4.06. The van der Waals surface area contributed by atoms with Crippen LogP contribution in [-0.4, -0.2) is 39.0 Å². The Balaban J connectivity index is 1.65. The second-order valence-electron chi connectivity index (χ2n) is 5.40. The van der Waals surface area contributed by atoms with Crippen LogP contribution in [0.5, 0.6) is 5.75 Å². The molecule has 3 rings (SSSR count). The van der Waals surface area contributed by atoms with Crippen LogP contribution in [0.2, 0.25) is 0 Å². The summed E-state index contributed by atoms with van der Waals surface area (Å²) in [6.07, 6.45) is 0. The normalized spacial score (nSPS) is 16.0. The number of rotatable bonds is 5. The quantitative estimate of drug-likeness (QED) is 0.758. The van der Waals surface area contributed by atoms with Gasteiger partial charge >= 0.3 is 0 Å². The Morgan fingerprint density at radius 1 is 1.00 bits per heavy atom. The highest BCUT2D eigenvalue weighted by molar-refractivity contribution is 9.10. The molecule has 0 bridgehead atoms. The van der Waals surface area contributed by atoms with Crippen molar-refractivity contribution in [2.75, 3.05) is 26.3 Å². The molecular formula is C17H18BrNO4S. The average Bonchev–Trinajstić information content (AvgIpc) is 2.62. The average molecular weight is 412 g/mol. The van der Waals surface area contributed by atoms with Crippen molar-refractivity contribution in [3.05, 3.63) is 58.6 Å². The molecule has 1 saturated heterocycles. The number of ether oxygens (including phenoxy) is 2. The third-order valence-corrected chi connectivity index (χ3v) is 6.19. The second kappa shape index (κ2) is 7.65. The van der Waals surface area contributed by atoms with Gasteiger partial charge in [0, 0.05) is 17.6 Å². The number of benzene rings is 2. The molecule has 2 aromatic rings. The first-order valence-electron chi connectivity index (χ1n) is 7.61. The van der Waals surface area contributed by atoms with Gasteiger partial charge in [0.2, 0.25) is 10.0 Å². The second-order valence-corrected chi connectivity index (χ2v) is 8.26. The smallest absolute Gasteiger partial charge is 0.243 e. The maximum Gasteiger partial charge on any atom is 0.243 e. The molecule has 1 aliphatic heterocycles. The van der Waals surface area contributed by atoms with Crippen LogP contribution >= 0.6 is 15.9 Å². The van der Waals surface area contributed by atoms with Crippen LogP contribution < -0.4 is 4.74 Å². The molecule has 128 valence electrons. The Morgan fingerprint density at radius 3 is 2.25 bits per heavy atom. The molecular weight excluding hydrogens is 394 g/mol. The molecule has 1 fully saturated rings. The van der Waals surface area contributed by atoms with Crippen LogP contribution in [-0.2, 0) is 21.4 Å². The number of halogens is 1. The lowest BCUT2D eigenvalue weighted by atomic mass is 10.2. The molecule has 1 aliphatic rings. The highest BCUT2D eigenvalue weighted by atomic mass is 79.9. The predicted octanol–water partition coefficient (Wildman–Crippen LogP) is 3.05. The molecule has 0 saturated carbocycles. The Bertz CT molecular complexity index is 769.